The molecule has 1 aromatic carbocycles. The van der Waals surface area contributed by atoms with Crippen LogP contribution < -0.4 is 5.32 Å². The maximum atomic E-state index is 12.4. The van der Waals surface area contributed by atoms with E-state index in [2.05, 4.69) is 10.3 Å². The van der Waals surface area contributed by atoms with E-state index in [1.54, 1.807) is 12.5 Å². The molecule has 0 amide bonds. The van der Waals surface area contributed by atoms with Gasteiger partial charge in [-0.05, 0) is 50.2 Å². The van der Waals surface area contributed by atoms with Crippen molar-refractivity contribution >= 4 is 5.78 Å². The Labute approximate surface area is 112 Å². The van der Waals surface area contributed by atoms with Crippen molar-refractivity contribution in [2.75, 3.05) is 13.1 Å². The van der Waals surface area contributed by atoms with Crippen LogP contribution in [0.5, 0.6) is 0 Å². The molecule has 0 saturated carbocycles. The number of hydrogen-bond donors (Lipinski definition) is 1. The molecule has 0 radical (unpaired) electrons. The van der Waals surface area contributed by atoms with Crippen LogP contribution in [0.25, 0.3) is 5.69 Å². The number of Topliss-reactive ketones (excluding diaryl/α,β-unsaturated/α-hetero) is 1. The number of imidazole rings is 1. The van der Waals surface area contributed by atoms with Gasteiger partial charge in [0, 0.05) is 29.6 Å². The lowest BCUT2D eigenvalue weighted by Crippen LogP contribution is -2.31. The summed E-state index contributed by atoms with van der Waals surface area (Å²) in [7, 11) is 0. The van der Waals surface area contributed by atoms with E-state index in [1.807, 2.05) is 35.0 Å². The predicted molar refractivity (Wildman–Crippen MR) is 73.5 cm³/mol. The van der Waals surface area contributed by atoms with Crippen LogP contribution in [0.15, 0.2) is 43.0 Å². The standard InChI is InChI=1S/C15H17N3O/c19-15(13-5-7-16-8-6-13)12-1-3-14(4-2-12)18-10-9-17-11-18/h1-4,9-11,13,16H,5-8H2. The summed E-state index contributed by atoms with van der Waals surface area (Å²) in [6.45, 7) is 1.90. The van der Waals surface area contributed by atoms with Crippen molar-refractivity contribution < 1.29 is 4.79 Å². The van der Waals surface area contributed by atoms with Gasteiger partial charge in [-0.3, -0.25) is 4.79 Å². The number of benzene rings is 1. The SMILES string of the molecule is O=C(c1ccc(-n2ccnc2)cc1)C1CCNCC1. The summed E-state index contributed by atoms with van der Waals surface area (Å²) >= 11 is 0. The molecule has 1 aromatic heterocycles. The van der Waals surface area contributed by atoms with Gasteiger partial charge in [-0.25, -0.2) is 4.98 Å². The van der Waals surface area contributed by atoms with Crippen molar-refractivity contribution in [1.29, 1.82) is 0 Å². The van der Waals surface area contributed by atoms with Crippen molar-refractivity contribution in [2.24, 2.45) is 5.92 Å². The molecule has 1 aliphatic rings. The Morgan fingerprint density at radius 1 is 1.21 bits per heavy atom. The van der Waals surface area contributed by atoms with Crippen LogP contribution in [0.2, 0.25) is 0 Å². The number of ketones is 1. The molecule has 0 aliphatic carbocycles. The summed E-state index contributed by atoms with van der Waals surface area (Å²) in [5, 5.41) is 3.29. The molecule has 4 nitrogen and oxygen atoms in total. The maximum Gasteiger partial charge on any atom is 0.166 e. The van der Waals surface area contributed by atoms with E-state index in [9.17, 15) is 4.79 Å². The van der Waals surface area contributed by atoms with E-state index in [0.29, 0.717) is 0 Å². The van der Waals surface area contributed by atoms with Gasteiger partial charge in [0.05, 0.1) is 6.33 Å². The molecule has 0 bridgehead atoms. The molecule has 0 atom stereocenters. The summed E-state index contributed by atoms with van der Waals surface area (Å²) in [5.74, 6) is 0.457. The largest absolute Gasteiger partial charge is 0.317 e. The molecule has 4 heteroatoms. The first-order valence-electron chi connectivity index (χ1n) is 6.68. The van der Waals surface area contributed by atoms with E-state index >= 15 is 0 Å². The lowest BCUT2D eigenvalue weighted by Gasteiger charge is -2.21. The molecule has 2 aromatic rings. The summed E-state index contributed by atoms with van der Waals surface area (Å²) in [6, 6.07) is 7.77. The van der Waals surface area contributed by atoms with Gasteiger partial charge in [0.25, 0.3) is 0 Å². The zero-order valence-electron chi connectivity index (χ0n) is 10.7. The number of hydrogen-bond acceptors (Lipinski definition) is 3. The molecule has 0 spiro atoms. The van der Waals surface area contributed by atoms with Crippen molar-refractivity contribution in [1.82, 2.24) is 14.9 Å². The zero-order chi connectivity index (χ0) is 13.1. The minimum atomic E-state index is 0.181. The Kier molecular flexibility index (Phi) is 3.42. The number of rotatable bonds is 3. The van der Waals surface area contributed by atoms with Crippen molar-refractivity contribution in [3.8, 4) is 5.69 Å². The predicted octanol–water partition coefficient (Wildman–Crippen LogP) is 2.05. The molecule has 2 heterocycles. The van der Waals surface area contributed by atoms with Crippen LogP contribution in [0.4, 0.5) is 0 Å². The van der Waals surface area contributed by atoms with E-state index in [-0.39, 0.29) is 11.7 Å². The Balaban J connectivity index is 1.76. The summed E-state index contributed by atoms with van der Waals surface area (Å²) in [6.07, 6.45) is 7.28. The molecule has 19 heavy (non-hydrogen) atoms. The monoisotopic (exact) mass is 255 g/mol. The summed E-state index contributed by atoms with van der Waals surface area (Å²) < 4.78 is 1.93. The van der Waals surface area contributed by atoms with Crippen LogP contribution >= 0.6 is 0 Å². The van der Waals surface area contributed by atoms with Gasteiger partial charge in [0.1, 0.15) is 0 Å². The van der Waals surface area contributed by atoms with Gasteiger partial charge in [-0.15, -0.1) is 0 Å². The highest BCUT2D eigenvalue weighted by atomic mass is 16.1. The lowest BCUT2D eigenvalue weighted by molar-refractivity contribution is 0.0895. The molecule has 3 rings (SSSR count). The number of aromatic nitrogens is 2. The quantitative estimate of drug-likeness (QED) is 0.854. The first-order chi connectivity index (χ1) is 9.34. The third-order valence-electron chi connectivity index (χ3n) is 3.66. The van der Waals surface area contributed by atoms with E-state index in [0.717, 1.165) is 37.2 Å². The van der Waals surface area contributed by atoms with Gasteiger partial charge in [0.15, 0.2) is 5.78 Å². The highest BCUT2D eigenvalue weighted by molar-refractivity contribution is 5.98. The molecule has 1 N–H and O–H groups in total. The third kappa shape index (κ3) is 2.58. The lowest BCUT2D eigenvalue weighted by atomic mass is 9.89. The van der Waals surface area contributed by atoms with Gasteiger partial charge in [0.2, 0.25) is 0 Å². The van der Waals surface area contributed by atoms with E-state index in [4.69, 9.17) is 0 Å². The first-order valence-corrected chi connectivity index (χ1v) is 6.68. The minimum absolute atomic E-state index is 0.181. The fourth-order valence-corrected chi connectivity index (χ4v) is 2.53. The fraction of sp³-hybridized carbons (Fsp3) is 0.333. The maximum absolute atomic E-state index is 12.4. The van der Waals surface area contributed by atoms with Crippen LogP contribution in [-0.4, -0.2) is 28.4 Å². The second kappa shape index (κ2) is 5.36. The van der Waals surface area contributed by atoms with Gasteiger partial charge in [-0.1, -0.05) is 0 Å². The van der Waals surface area contributed by atoms with Crippen LogP contribution in [0, 0.1) is 5.92 Å². The molecule has 98 valence electrons. The van der Waals surface area contributed by atoms with Crippen LogP contribution in [0.3, 0.4) is 0 Å². The van der Waals surface area contributed by atoms with Crippen LogP contribution in [-0.2, 0) is 0 Å². The number of carbonyl (C=O) groups excluding carboxylic acids is 1. The Bertz CT molecular complexity index is 539. The third-order valence-corrected chi connectivity index (χ3v) is 3.66. The topological polar surface area (TPSA) is 46.9 Å². The average Bonchev–Trinajstić information content (AvgIpc) is 3.02. The second-order valence-corrected chi connectivity index (χ2v) is 4.91. The van der Waals surface area contributed by atoms with Gasteiger partial charge in [-0.2, -0.15) is 0 Å². The Morgan fingerprint density at radius 3 is 2.58 bits per heavy atom. The Hall–Kier alpha value is -1.94. The zero-order valence-corrected chi connectivity index (χ0v) is 10.7. The Morgan fingerprint density at radius 2 is 1.95 bits per heavy atom. The van der Waals surface area contributed by atoms with Gasteiger partial charge >= 0.3 is 0 Å². The van der Waals surface area contributed by atoms with Gasteiger partial charge < -0.3 is 9.88 Å². The number of nitrogens with zero attached hydrogens (tertiary/aromatic N) is 2. The molecule has 0 unspecified atom stereocenters. The molecular weight excluding hydrogens is 238 g/mol. The highest BCUT2D eigenvalue weighted by Crippen LogP contribution is 2.19. The highest BCUT2D eigenvalue weighted by Gasteiger charge is 2.21. The minimum Gasteiger partial charge on any atom is -0.317 e. The van der Waals surface area contributed by atoms with E-state index in [1.165, 1.54) is 0 Å². The van der Waals surface area contributed by atoms with Crippen molar-refractivity contribution in [3.05, 3.63) is 48.5 Å². The second-order valence-electron chi connectivity index (χ2n) is 4.91. The van der Waals surface area contributed by atoms with Crippen LogP contribution in [0.1, 0.15) is 23.2 Å². The molecule has 1 fully saturated rings. The number of nitrogens with one attached hydrogen (secondary N) is 1. The fourth-order valence-electron chi connectivity index (χ4n) is 2.53. The summed E-state index contributed by atoms with van der Waals surface area (Å²) in [5.41, 5.74) is 1.84. The molecule has 1 aliphatic heterocycles. The average molecular weight is 255 g/mol. The number of carbonyl (C=O) groups is 1. The number of piperidine rings is 1. The first kappa shape index (κ1) is 12.1. The van der Waals surface area contributed by atoms with E-state index < -0.39 is 0 Å². The van der Waals surface area contributed by atoms with Crippen molar-refractivity contribution in [2.45, 2.75) is 12.8 Å². The van der Waals surface area contributed by atoms with Crippen molar-refractivity contribution in [3.63, 3.8) is 0 Å². The normalized spacial score (nSPS) is 16.4. The smallest absolute Gasteiger partial charge is 0.166 e. The molecular formula is C15H17N3O. The molecule has 1 saturated heterocycles. The summed E-state index contributed by atoms with van der Waals surface area (Å²) in [4.78, 5) is 16.4.